The molecular formula is C27H27N3O2S. The Balaban J connectivity index is 1.52. The first-order chi connectivity index (χ1) is 16.2. The highest BCUT2D eigenvalue weighted by atomic mass is 32.1. The quantitative estimate of drug-likeness (QED) is 0.260. The van der Waals surface area contributed by atoms with E-state index >= 15 is 0 Å². The average Bonchev–Trinajstić information content (AvgIpc) is 3.54. The molecule has 5 rings (SSSR count). The number of benzene rings is 1. The normalized spacial score (nSPS) is 13.5. The molecule has 0 aliphatic heterocycles. The zero-order valence-corrected chi connectivity index (χ0v) is 19.6. The van der Waals surface area contributed by atoms with Crippen LogP contribution in [-0.4, -0.2) is 16.7 Å². The Morgan fingerprint density at radius 3 is 2.91 bits per heavy atom. The van der Waals surface area contributed by atoms with E-state index in [-0.39, 0.29) is 5.91 Å². The summed E-state index contributed by atoms with van der Waals surface area (Å²) in [4.78, 5) is 19.4. The summed E-state index contributed by atoms with van der Waals surface area (Å²) in [5.41, 5.74) is 5.29. The summed E-state index contributed by atoms with van der Waals surface area (Å²) in [5.74, 6) is 0.659. The number of nitrogens with zero attached hydrogens (tertiary/aromatic N) is 2. The Kier molecular flexibility index (Phi) is 6.01. The number of furan rings is 1. The van der Waals surface area contributed by atoms with Crippen molar-refractivity contribution in [3.63, 3.8) is 0 Å². The third-order valence-electron chi connectivity index (χ3n) is 6.29. The molecule has 0 saturated heterocycles. The standard InChI is InChI=1S/C27H27N3O2S/c1-3-14-30-18(2)22(20-10-4-6-12-23(20)30)17-29-27-25(21-11-5-7-13-24(21)33-27)26(31)28-16-19-9-8-15-32-19/h3-4,6,8-10,12,15,17H,1,5,7,11,13-14,16H2,2H3,(H,28,31)/b29-17+. The van der Waals surface area contributed by atoms with Crippen molar-refractivity contribution in [1.29, 1.82) is 0 Å². The number of para-hydroxylation sites is 1. The number of carbonyl (C=O) groups is 1. The highest BCUT2D eigenvalue weighted by Gasteiger charge is 2.25. The molecule has 0 atom stereocenters. The van der Waals surface area contributed by atoms with Crippen LogP contribution in [0.4, 0.5) is 5.00 Å². The summed E-state index contributed by atoms with van der Waals surface area (Å²) in [6.45, 7) is 7.13. The zero-order chi connectivity index (χ0) is 22.8. The van der Waals surface area contributed by atoms with Crippen LogP contribution in [0.15, 0.2) is 64.7 Å². The fraction of sp³-hybridized carbons (Fsp3) is 0.259. The van der Waals surface area contributed by atoms with Gasteiger partial charge in [-0.2, -0.15) is 0 Å². The largest absolute Gasteiger partial charge is 0.467 e. The van der Waals surface area contributed by atoms with Gasteiger partial charge in [0.1, 0.15) is 10.8 Å². The second-order valence-corrected chi connectivity index (χ2v) is 9.41. The molecule has 33 heavy (non-hydrogen) atoms. The fourth-order valence-corrected chi connectivity index (χ4v) is 5.88. The predicted molar refractivity (Wildman–Crippen MR) is 135 cm³/mol. The molecule has 1 amide bonds. The van der Waals surface area contributed by atoms with Crippen LogP contribution in [0, 0.1) is 6.92 Å². The number of fused-ring (bicyclic) bond motifs is 2. The van der Waals surface area contributed by atoms with Gasteiger partial charge in [0, 0.05) is 39.8 Å². The van der Waals surface area contributed by atoms with Gasteiger partial charge < -0.3 is 14.3 Å². The Hall–Kier alpha value is -3.38. The molecule has 0 fully saturated rings. The number of rotatable bonds is 7. The molecule has 4 aromatic rings. The Bertz CT molecular complexity index is 1340. The van der Waals surface area contributed by atoms with Gasteiger partial charge in [-0.3, -0.25) is 4.79 Å². The highest BCUT2D eigenvalue weighted by molar-refractivity contribution is 7.16. The lowest BCUT2D eigenvalue weighted by molar-refractivity contribution is 0.0948. The number of aryl methyl sites for hydroxylation is 1. The Morgan fingerprint density at radius 2 is 2.09 bits per heavy atom. The number of allylic oxidation sites excluding steroid dienone is 1. The van der Waals surface area contributed by atoms with Crippen molar-refractivity contribution in [2.24, 2.45) is 4.99 Å². The van der Waals surface area contributed by atoms with Crippen LogP contribution < -0.4 is 5.32 Å². The summed E-state index contributed by atoms with van der Waals surface area (Å²) in [6, 6.07) is 12.0. The lowest BCUT2D eigenvalue weighted by Crippen LogP contribution is -2.23. The van der Waals surface area contributed by atoms with E-state index in [1.807, 2.05) is 24.4 Å². The van der Waals surface area contributed by atoms with Crippen molar-refractivity contribution < 1.29 is 9.21 Å². The minimum atomic E-state index is -0.0799. The molecule has 0 saturated carbocycles. The summed E-state index contributed by atoms with van der Waals surface area (Å²) >= 11 is 1.66. The number of hydrogen-bond acceptors (Lipinski definition) is 4. The maximum Gasteiger partial charge on any atom is 0.255 e. The topological polar surface area (TPSA) is 59.5 Å². The van der Waals surface area contributed by atoms with E-state index in [4.69, 9.17) is 9.41 Å². The molecule has 0 bridgehead atoms. The number of carbonyl (C=O) groups excluding carboxylic acids is 1. The van der Waals surface area contributed by atoms with E-state index in [0.29, 0.717) is 6.54 Å². The van der Waals surface area contributed by atoms with Crippen LogP contribution in [0.3, 0.4) is 0 Å². The van der Waals surface area contributed by atoms with Crippen LogP contribution >= 0.6 is 11.3 Å². The molecule has 6 heteroatoms. The zero-order valence-electron chi connectivity index (χ0n) is 18.8. The van der Waals surface area contributed by atoms with Gasteiger partial charge in [0.15, 0.2) is 0 Å². The van der Waals surface area contributed by atoms with Crippen LogP contribution in [0.25, 0.3) is 10.9 Å². The predicted octanol–water partition coefficient (Wildman–Crippen LogP) is 6.35. The molecule has 3 aromatic heterocycles. The van der Waals surface area contributed by atoms with Gasteiger partial charge in [0.05, 0.1) is 18.4 Å². The van der Waals surface area contributed by atoms with Gasteiger partial charge in [-0.15, -0.1) is 17.9 Å². The van der Waals surface area contributed by atoms with Crippen LogP contribution in [0.2, 0.25) is 0 Å². The minimum Gasteiger partial charge on any atom is -0.467 e. The fourth-order valence-electron chi connectivity index (χ4n) is 4.65. The van der Waals surface area contributed by atoms with Crippen molar-refractivity contribution in [3.05, 3.63) is 88.3 Å². The van der Waals surface area contributed by atoms with E-state index < -0.39 is 0 Å². The van der Waals surface area contributed by atoms with Gasteiger partial charge in [-0.25, -0.2) is 4.99 Å². The SMILES string of the molecule is C=CCn1c(C)c(/C=N/c2sc3c(c2C(=O)NCc2ccco2)CCCC3)c2ccccc21. The third-order valence-corrected chi connectivity index (χ3v) is 7.49. The minimum absolute atomic E-state index is 0.0799. The second-order valence-electron chi connectivity index (χ2n) is 8.33. The molecule has 1 aromatic carbocycles. The van der Waals surface area contributed by atoms with E-state index in [2.05, 4.69) is 47.7 Å². The molecule has 1 aliphatic rings. The van der Waals surface area contributed by atoms with E-state index in [9.17, 15) is 4.79 Å². The summed E-state index contributed by atoms with van der Waals surface area (Å²) < 4.78 is 7.62. The molecule has 1 N–H and O–H groups in total. The average molecular weight is 458 g/mol. The second kappa shape index (κ2) is 9.24. The number of amides is 1. The van der Waals surface area contributed by atoms with Crippen molar-refractivity contribution in [2.45, 2.75) is 45.7 Å². The number of aromatic nitrogens is 1. The monoisotopic (exact) mass is 457 g/mol. The molecule has 1 aliphatic carbocycles. The van der Waals surface area contributed by atoms with Gasteiger partial charge in [0.2, 0.25) is 0 Å². The van der Waals surface area contributed by atoms with Gasteiger partial charge in [-0.1, -0.05) is 24.3 Å². The highest BCUT2D eigenvalue weighted by Crippen LogP contribution is 2.40. The summed E-state index contributed by atoms with van der Waals surface area (Å²) in [5, 5.41) is 4.97. The Morgan fingerprint density at radius 1 is 1.24 bits per heavy atom. The number of aliphatic imine (C=N–C) groups is 1. The van der Waals surface area contributed by atoms with Gasteiger partial charge >= 0.3 is 0 Å². The lowest BCUT2D eigenvalue weighted by atomic mass is 9.95. The molecular weight excluding hydrogens is 430 g/mol. The maximum absolute atomic E-state index is 13.2. The van der Waals surface area contributed by atoms with Crippen molar-refractivity contribution in [1.82, 2.24) is 9.88 Å². The third kappa shape index (κ3) is 4.07. The van der Waals surface area contributed by atoms with Crippen molar-refractivity contribution in [3.8, 4) is 0 Å². The molecule has 3 heterocycles. The van der Waals surface area contributed by atoms with Crippen LogP contribution in [-0.2, 0) is 25.9 Å². The number of thiophene rings is 1. The van der Waals surface area contributed by atoms with Crippen molar-refractivity contribution >= 4 is 39.4 Å². The Labute approximate surface area is 197 Å². The van der Waals surface area contributed by atoms with E-state index in [1.54, 1.807) is 17.6 Å². The molecule has 0 radical (unpaired) electrons. The van der Waals surface area contributed by atoms with E-state index in [1.165, 1.54) is 16.0 Å². The first-order valence-electron chi connectivity index (χ1n) is 11.3. The maximum atomic E-state index is 13.2. The van der Waals surface area contributed by atoms with E-state index in [0.717, 1.165) is 65.2 Å². The summed E-state index contributed by atoms with van der Waals surface area (Å²) in [6.07, 6.45) is 9.69. The molecule has 0 unspecified atom stereocenters. The first-order valence-corrected chi connectivity index (χ1v) is 12.2. The van der Waals surface area contributed by atoms with Gasteiger partial charge in [0.25, 0.3) is 5.91 Å². The first kappa shape index (κ1) is 21.5. The number of hydrogen-bond donors (Lipinski definition) is 1. The molecule has 5 nitrogen and oxygen atoms in total. The van der Waals surface area contributed by atoms with Crippen LogP contribution in [0.1, 0.15) is 50.7 Å². The van der Waals surface area contributed by atoms with Crippen LogP contribution in [0.5, 0.6) is 0 Å². The molecule has 168 valence electrons. The number of nitrogens with one attached hydrogen (secondary N) is 1. The summed E-state index contributed by atoms with van der Waals surface area (Å²) in [7, 11) is 0. The van der Waals surface area contributed by atoms with Crippen molar-refractivity contribution in [2.75, 3.05) is 0 Å². The lowest BCUT2D eigenvalue weighted by Gasteiger charge is -2.12. The van der Waals surface area contributed by atoms with Gasteiger partial charge in [-0.05, 0) is 56.4 Å². The smallest absolute Gasteiger partial charge is 0.255 e. The molecule has 0 spiro atoms.